The van der Waals surface area contributed by atoms with Crippen LogP contribution in [0, 0.1) is 0 Å². The van der Waals surface area contributed by atoms with Crippen LogP contribution < -0.4 is 15.0 Å². The fourth-order valence-corrected chi connectivity index (χ4v) is 3.00. The van der Waals surface area contributed by atoms with Crippen LogP contribution in [-0.2, 0) is 11.2 Å². The van der Waals surface area contributed by atoms with Crippen molar-refractivity contribution < 1.29 is 9.53 Å². The number of anilines is 2. The van der Waals surface area contributed by atoms with E-state index in [0.717, 1.165) is 11.3 Å². The molecule has 3 rings (SSSR count). The SMILES string of the molecule is COc1ccc(Cl)c2c1CC(=O)N2CCNc1cc(Cl)ncn1. The minimum Gasteiger partial charge on any atom is -0.496 e. The number of benzene rings is 1. The Bertz CT molecular complexity index is 754. The predicted molar refractivity (Wildman–Crippen MR) is 89.6 cm³/mol. The Balaban J connectivity index is 1.74. The molecule has 0 unspecified atom stereocenters. The van der Waals surface area contributed by atoms with Gasteiger partial charge in [0.25, 0.3) is 0 Å². The number of hydrogen-bond donors (Lipinski definition) is 1. The zero-order chi connectivity index (χ0) is 16.4. The summed E-state index contributed by atoms with van der Waals surface area (Å²) in [5.74, 6) is 1.28. The van der Waals surface area contributed by atoms with Gasteiger partial charge in [0.15, 0.2) is 0 Å². The number of halogens is 2. The largest absolute Gasteiger partial charge is 0.496 e. The van der Waals surface area contributed by atoms with E-state index >= 15 is 0 Å². The van der Waals surface area contributed by atoms with Crippen molar-refractivity contribution in [3.63, 3.8) is 0 Å². The zero-order valence-electron chi connectivity index (χ0n) is 12.3. The standard InChI is InChI=1S/C15H14Cl2N4O2/c1-23-11-3-2-10(16)15-9(11)6-14(22)21(15)5-4-18-13-7-12(17)19-8-20-13/h2-3,7-8H,4-6H2,1H3,(H,18,19,20). The van der Waals surface area contributed by atoms with Crippen molar-refractivity contribution in [1.29, 1.82) is 0 Å². The molecule has 120 valence electrons. The molecule has 2 aromatic rings. The normalized spacial score (nSPS) is 13.2. The lowest BCUT2D eigenvalue weighted by Gasteiger charge is -2.19. The molecule has 0 saturated heterocycles. The van der Waals surface area contributed by atoms with Crippen molar-refractivity contribution >= 4 is 40.6 Å². The number of hydrogen-bond acceptors (Lipinski definition) is 5. The van der Waals surface area contributed by atoms with Gasteiger partial charge in [-0.1, -0.05) is 23.2 Å². The van der Waals surface area contributed by atoms with Crippen LogP contribution >= 0.6 is 23.2 Å². The first-order valence-corrected chi connectivity index (χ1v) is 7.73. The van der Waals surface area contributed by atoms with Gasteiger partial charge in [0.2, 0.25) is 5.91 Å². The summed E-state index contributed by atoms with van der Waals surface area (Å²) in [4.78, 5) is 21.8. The van der Waals surface area contributed by atoms with Crippen LogP contribution in [0.2, 0.25) is 10.2 Å². The number of nitrogens with one attached hydrogen (secondary N) is 1. The third kappa shape index (κ3) is 3.18. The van der Waals surface area contributed by atoms with Crippen LogP contribution in [0.25, 0.3) is 0 Å². The average Bonchev–Trinajstić information content (AvgIpc) is 2.86. The molecule has 0 bridgehead atoms. The van der Waals surface area contributed by atoms with Crippen molar-refractivity contribution in [3.8, 4) is 5.75 Å². The minimum absolute atomic E-state index is 0.00563. The molecule has 2 heterocycles. The number of aromatic nitrogens is 2. The van der Waals surface area contributed by atoms with Gasteiger partial charge in [0.1, 0.15) is 23.0 Å². The van der Waals surface area contributed by atoms with E-state index < -0.39 is 0 Å². The quantitative estimate of drug-likeness (QED) is 0.838. The lowest BCUT2D eigenvalue weighted by molar-refractivity contribution is -0.117. The summed E-state index contributed by atoms with van der Waals surface area (Å²) in [6, 6.07) is 5.14. The van der Waals surface area contributed by atoms with E-state index in [1.165, 1.54) is 6.33 Å². The summed E-state index contributed by atoms with van der Waals surface area (Å²) >= 11 is 12.1. The minimum atomic E-state index is -0.00563. The van der Waals surface area contributed by atoms with E-state index in [2.05, 4.69) is 15.3 Å². The van der Waals surface area contributed by atoms with Crippen molar-refractivity contribution in [3.05, 3.63) is 40.3 Å². The monoisotopic (exact) mass is 352 g/mol. The van der Waals surface area contributed by atoms with Crippen molar-refractivity contribution in [1.82, 2.24) is 9.97 Å². The van der Waals surface area contributed by atoms with Gasteiger partial charge in [-0.15, -0.1) is 0 Å². The molecule has 1 amide bonds. The van der Waals surface area contributed by atoms with Gasteiger partial charge >= 0.3 is 0 Å². The number of carbonyl (C=O) groups excluding carboxylic acids is 1. The topological polar surface area (TPSA) is 67.3 Å². The Hall–Kier alpha value is -2.05. The summed E-state index contributed by atoms with van der Waals surface area (Å²) in [5.41, 5.74) is 1.55. The first kappa shape index (κ1) is 15.8. The number of fused-ring (bicyclic) bond motifs is 1. The van der Waals surface area contributed by atoms with Crippen molar-refractivity contribution in [2.75, 3.05) is 30.4 Å². The Morgan fingerprint density at radius 2 is 2.17 bits per heavy atom. The van der Waals surface area contributed by atoms with Gasteiger partial charge < -0.3 is 15.0 Å². The number of nitrogens with zero attached hydrogens (tertiary/aromatic N) is 3. The summed E-state index contributed by atoms with van der Waals surface area (Å²) in [6.07, 6.45) is 1.67. The molecule has 0 saturated carbocycles. The van der Waals surface area contributed by atoms with Crippen molar-refractivity contribution in [2.45, 2.75) is 6.42 Å². The maximum atomic E-state index is 12.3. The Morgan fingerprint density at radius 1 is 1.35 bits per heavy atom. The summed E-state index contributed by atoms with van der Waals surface area (Å²) in [5, 5.41) is 4.01. The maximum Gasteiger partial charge on any atom is 0.231 e. The summed E-state index contributed by atoms with van der Waals surface area (Å²) in [6.45, 7) is 0.965. The van der Waals surface area contributed by atoms with E-state index in [4.69, 9.17) is 27.9 Å². The molecule has 8 heteroatoms. The van der Waals surface area contributed by atoms with Crippen LogP contribution in [0.3, 0.4) is 0 Å². The highest BCUT2D eigenvalue weighted by Crippen LogP contribution is 2.41. The summed E-state index contributed by atoms with van der Waals surface area (Å²) < 4.78 is 5.31. The molecule has 1 aliphatic heterocycles. The second-order valence-corrected chi connectivity index (χ2v) is 5.75. The van der Waals surface area contributed by atoms with Gasteiger partial charge in [-0.05, 0) is 12.1 Å². The first-order chi connectivity index (χ1) is 11.1. The number of amides is 1. The Labute approximate surface area is 143 Å². The molecule has 0 aliphatic carbocycles. The zero-order valence-corrected chi connectivity index (χ0v) is 13.9. The van der Waals surface area contributed by atoms with Gasteiger partial charge in [0, 0.05) is 24.7 Å². The van der Waals surface area contributed by atoms with Crippen molar-refractivity contribution in [2.24, 2.45) is 0 Å². The van der Waals surface area contributed by atoms with E-state index in [-0.39, 0.29) is 5.91 Å². The van der Waals surface area contributed by atoms with Crippen LogP contribution in [0.1, 0.15) is 5.56 Å². The molecule has 1 aliphatic rings. The van der Waals surface area contributed by atoms with Gasteiger partial charge in [-0.25, -0.2) is 9.97 Å². The second-order valence-electron chi connectivity index (χ2n) is 4.95. The lowest BCUT2D eigenvalue weighted by atomic mass is 10.1. The van der Waals surface area contributed by atoms with E-state index in [0.29, 0.717) is 41.3 Å². The van der Waals surface area contributed by atoms with Gasteiger partial charge in [-0.2, -0.15) is 0 Å². The second kappa shape index (κ2) is 6.60. The number of methoxy groups -OCH3 is 1. The molecule has 1 N–H and O–H groups in total. The fraction of sp³-hybridized carbons (Fsp3) is 0.267. The molecular weight excluding hydrogens is 339 g/mol. The van der Waals surface area contributed by atoms with Crippen LogP contribution in [0.4, 0.5) is 11.5 Å². The van der Waals surface area contributed by atoms with Gasteiger partial charge in [0.05, 0.1) is 24.2 Å². The average molecular weight is 353 g/mol. The molecule has 1 aromatic carbocycles. The van der Waals surface area contributed by atoms with E-state index in [1.807, 2.05) is 0 Å². The Morgan fingerprint density at radius 3 is 2.91 bits per heavy atom. The van der Waals surface area contributed by atoms with E-state index in [9.17, 15) is 4.79 Å². The van der Waals surface area contributed by atoms with Crippen LogP contribution in [0.5, 0.6) is 5.75 Å². The molecule has 0 atom stereocenters. The highest BCUT2D eigenvalue weighted by Gasteiger charge is 2.31. The van der Waals surface area contributed by atoms with Crippen LogP contribution in [-0.4, -0.2) is 36.1 Å². The smallest absolute Gasteiger partial charge is 0.231 e. The Kier molecular flexibility index (Phi) is 4.54. The first-order valence-electron chi connectivity index (χ1n) is 6.97. The van der Waals surface area contributed by atoms with Crippen LogP contribution in [0.15, 0.2) is 24.5 Å². The molecule has 6 nitrogen and oxygen atoms in total. The third-order valence-electron chi connectivity index (χ3n) is 3.58. The number of ether oxygens (including phenoxy) is 1. The summed E-state index contributed by atoms with van der Waals surface area (Å²) in [7, 11) is 1.58. The maximum absolute atomic E-state index is 12.3. The highest BCUT2D eigenvalue weighted by molar-refractivity contribution is 6.34. The molecule has 0 spiro atoms. The molecule has 0 radical (unpaired) electrons. The molecule has 1 aromatic heterocycles. The third-order valence-corrected chi connectivity index (χ3v) is 4.10. The number of carbonyl (C=O) groups is 1. The van der Waals surface area contributed by atoms with Gasteiger partial charge in [-0.3, -0.25) is 4.79 Å². The van der Waals surface area contributed by atoms with E-state index in [1.54, 1.807) is 30.2 Å². The lowest BCUT2D eigenvalue weighted by Crippen LogP contribution is -2.32. The molecule has 0 fully saturated rings. The molecular formula is C15H14Cl2N4O2. The predicted octanol–water partition coefficient (Wildman–Crippen LogP) is 2.79. The fourth-order valence-electron chi connectivity index (χ4n) is 2.58. The number of rotatable bonds is 5. The highest BCUT2D eigenvalue weighted by atomic mass is 35.5. The molecule has 23 heavy (non-hydrogen) atoms.